The van der Waals surface area contributed by atoms with E-state index >= 15 is 0 Å². The Hall–Kier alpha value is -4.87. The van der Waals surface area contributed by atoms with Gasteiger partial charge in [-0.25, -0.2) is 9.59 Å². The molecule has 0 bridgehead atoms. The van der Waals surface area contributed by atoms with E-state index in [-0.39, 0.29) is 11.8 Å². The summed E-state index contributed by atoms with van der Waals surface area (Å²) in [6, 6.07) is 14.8. The number of amides is 4. The van der Waals surface area contributed by atoms with Crippen LogP contribution in [0.3, 0.4) is 0 Å². The average Bonchev–Trinajstić information content (AvgIpc) is 3.70. The number of carboxylic acid groups (broad SMARTS) is 2. The van der Waals surface area contributed by atoms with Gasteiger partial charge in [-0.15, -0.1) is 0 Å². The number of likely N-dealkylation sites (tertiary alicyclic amines) is 2. The Labute approximate surface area is 223 Å². The van der Waals surface area contributed by atoms with Crippen LogP contribution in [0.15, 0.2) is 54.6 Å². The van der Waals surface area contributed by atoms with Gasteiger partial charge in [0.25, 0.3) is 0 Å². The lowest BCUT2D eigenvalue weighted by molar-refractivity contribution is -0.120. The van der Waals surface area contributed by atoms with Crippen molar-refractivity contribution in [3.8, 4) is 22.5 Å². The number of carbonyl (C=O) groups is 4. The van der Waals surface area contributed by atoms with E-state index in [4.69, 9.17) is 0 Å². The summed E-state index contributed by atoms with van der Waals surface area (Å²) < 4.78 is 0. The van der Waals surface area contributed by atoms with Gasteiger partial charge in [-0.2, -0.15) is 5.10 Å². The molecule has 0 saturated carbocycles. The number of nitrogens with one attached hydrogen (secondary N) is 3. The van der Waals surface area contributed by atoms with Crippen LogP contribution in [0.2, 0.25) is 0 Å². The zero-order valence-corrected chi connectivity index (χ0v) is 21.0. The molecule has 4 amide bonds. The molecule has 12 heteroatoms. The van der Waals surface area contributed by atoms with Gasteiger partial charge in [0.1, 0.15) is 12.1 Å². The molecule has 2 aromatic carbocycles. The van der Waals surface area contributed by atoms with Crippen LogP contribution >= 0.6 is 0 Å². The lowest BCUT2D eigenvalue weighted by atomic mass is 10.1. The van der Waals surface area contributed by atoms with Crippen LogP contribution in [0.1, 0.15) is 25.7 Å². The van der Waals surface area contributed by atoms with Gasteiger partial charge in [-0.3, -0.25) is 24.5 Å². The molecule has 0 radical (unpaired) electrons. The third-order valence-electron chi connectivity index (χ3n) is 7.09. The molecule has 5 N–H and O–H groups in total. The standard InChI is InChI=1S/C27H28N6O6/c34-24(22-3-1-13-32(22)26(36)37)28-18-9-5-16(6-10-18)20-15-21(31-30-20)17-7-11-19(12-8-17)29-25(35)23-4-2-14-33(23)27(38)39/h5-12,15,22-23H,1-4,13-14H2,(H,28,34)(H,29,35)(H,30,31)(H,36,37)(H,38,39)/t22-,23-/m0/s1. The minimum Gasteiger partial charge on any atom is -0.465 e. The van der Waals surface area contributed by atoms with E-state index in [2.05, 4.69) is 20.8 Å². The molecular formula is C27H28N6O6. The fraction of sp³-hybridized carbons (Fsp3) is 0.296. The Kier molecular flexibility index (Phi) is 7.17. The number of hydrogen-bond donors (Lipinski definition) is 5. The first kappa shape index (κ1) is 25.8. The largest absolute Gasteiger partial charge is 0.465 e. The predicted molar refractivity (Wildman–Crippen MR) is 142 cm³/mol. The molecular weight excluding hydrogens is 504 g/mol. The molecule has 0 aliphatic carbocycles. The van der Waals surface area contributed by atoms with Crippen LogP contribution in [0.4, 0.5) is 21.0 Å². The van der Waals surface area contributed by atoms with Crippen molar-refractivity contribution in [1.29, 1.82) is 0 Å². The highest BCUT2D eigenvalue weighted by Crippen LogP contribution is 2.27. The number of anilines is 2. The van der Waals surface area contributed by atoms with Gasteiger partial charge in [0.15, 0.2) is 0 Å². The number of hydrogen-bond acceptors (Lipinski definition) is 5. The second kappa shape index (κ2) is 10.9. The van der Waals surface area contributed by atoms with Crippen LogP contribution < -0.4 is 10.6 Å². The third kappa shape index (κ3) is 5.54. The Morgan fingerprint density at radius 1 is 0.744 bits per heavy atom. The summed E-state index contributed by atoms with van der Waals surface area (Å²) in [4.78, 5) is 50.1. The Morgan fingerprint density at radius 2 is 1.21 bits per heavy atom. The maximum atomic E-state index is 12.6. The van der Waals surface area contributed by atoms with Crippen molar-refractivity contribution in [3.63, 3.8) is 0 Å². The molecule has 2 aliphatic heterocycles. The number of carbonyl (C=O) groups excluding carboxylic acids is 2. The van der Waals surface area contributed by atoms with Gasteiger partial charge in [0, 0.05) is 30.0 Å². The molecule has 2 aliphatic rings. The molecule has 0 unspecified atom stereocenters. The number of H-pyrrole nitrogens is 1. The topological polar surface area (TPSA) is 168 Å². The first-order chi connectivity index (χ1) is 18.8. The van der Waals surface area contributed by atoms with Crippen molar-refractivity contribution in [2.24, 2.45) is 0 Å². The van der Waals surface area contributed by atoms with Gasteiger partial charge < -0.3 is 20.8 Å². The molecule has 2 fully saturated rings. The van der Waals surface area contributed by atoms with Crippen molar-refractivity contribution >= 4 is 35.4 Å². The summed E-state index contributed by atoms with van der Waals surface area (Å²) in [6.45, 7) is 0.717. The van der Waals surface area contributed by atoms with E-state index in [1.807, 2.05) is 30.3 Å². The van der Waals surface area contributed by atoms with Gasteiger partial charge in [-0.1, -0.05) is 24.3 Å². The molecule has 2 saturated heterocycles. The molecule has 3 aromatic rings. The molecule has 39 heavy (non-hydrogen) atoms. The van der Waals surface area contributed by atoms with Gasteiger partial charge in [0.05, 0.1) is 11.4 Å². The van der Waals surface area contributed by atoms with E-state index in [1.54, 1.807) is 24.3 Å². The average molecular weight is 533 g/mol. The summed E-state index contributed by atoms with van der Waals surface area (Å²) in [5, 5.41) is 31.5. The van der Waals surface area contributed by atoms with Crippen molar-refractivity contribution < 1.29 is 29.4 Å². The Bertz CT molecular complexity index is 1280. The number of nitrogens with zero attached hydrogens (tertiary/aromatic N) is 3. The van der Waals surface area contributed by atoms with Crippen LogP contribution in [-0.2, 0) is 9.59 Å². The molecule has 12 nitrogen and oxygen atoms in total. The molecule has 2 atom stereocenters. The lowest BCUT2D eigenvalue weighted by Crippen LogP contribution is -2.42. The maximum absolute atomic E-state index is 12.6. The van der Waals surface area contributed by atoms with Crippen molar-refractivity contribution in [2.75, 3.05) is 23.7 Å². The maximum Gasteiger partial charge on any atom is 0.407 e. The van der Waals surface area contributed by atoms with Gasteiger partial charge >= 0.3 is 12.2 Å². The smallest absolute Gasteiger partial charge is 0.407 e. The normalized spacial score (nSPS) is 18.7. The lowest BCUT2D eigenvalue weighted by Gasteiger charge is -2.20. The summed E-state index contributed by atoms with van der Waals surface area (Å²) in [5.74, 6) is -0.680. The summed E-state index contributed by atoms with van der Waals surface area (Å²) in [5.41, 5.74) is 4.28. The van der Waals surface area contributed by atoms with Crippen LogP contribution in [0, 0.1) is 0 Å². The monoisotopic (exact) mass is 532 g/mol. The summed E-state index contributed by atoms with van der Waals surface area (Å²) >= 11 is 0. The minimum absolute atomic E-state index is 0.339. The Balaban J connectivity index is 1.20. The van der Waals surface area contributed by atoms with Gasteiger partial charge in [-0.05, 0) is 61.6 Å². The fourth-order valence-corrected chi connectivity index (χ4v) is 5.06. The Morgan fingerprint density at radius 3 is 1.67 bits per heavy atom. The highest BCUT2D eigenvalue weighted by molar-refractivity contribution is 5.97. The number of benzene rings is 2. The van der Waals surface area contributed by atoms with Crippen molar-refractivity contribution in [3.05, 3.63) is 54.6 Å². The van der Waals surface area contributed by atoms with Crippen LogP contribution in [-0.4, -0.2) is 79.4 Å². The van der Waals surface area contributed by atoms with Crippen molar-refractivity contribution in [1.82, 2.24) is 20.0 Å². The molecule has 202 valence electrons. The van der Waals surface area contributed by atoms with E-state index in [0.717, 1.165) is 21.7 Å². The molecule has 1 aromatic heterocycles. The number of aromatic nitrogens is 2. The van der Waals surface area contributed by atoms with E-state index in [0.29, 0.717) is 55.8 Å². The SMILES string of the molecule is O=C(Nc1ccc(-c2cc(-c3ccc(NC(=O)[C@@H]4CCCN4C(=O)O)cc3)[nH]n2)cc1)[C@@H]1CCCN1C(=O)O. The number of aromatic amines is 1. The first-order valence-corrected chi connectivity index (χ1v) is 12.7. The van der Waals surface area contributed by atoms with Crippen molar-refractivity contribution in [2.45, 2.75) is 37.8 Å². The zero-order valence-electron chi connectivity index (χ0n) is 21.0. The third-order valence-corrected chi connectivity index (χ3v) is 7.09. The minimum atomic E-state index is -1.09. The molecule has 0 spiro atoms. The van der Waals surface area contributed by atoms with E-state index in [1.165, 1.54) is 4.90 Å². The second-order valence-corrected chi connectivity index (χ2v) is 9.57. The highest BCUT2D eigenvalue weighted by atomic mass is 16.4. The van der Waals surface area contributed by atoms with Crippen LogP contribution in [0.5, 0.6) is 0 Å². The molecule has 5 rings (SSSR count). The van der Waals surface area contributed by atoms with Gasteiger partial charge in [0.2, 0.25) is 11.8 Å². The highest BCUT2D eigenvalue weighted by Gasteiger charge is 2.35. The summed E-state index contributed by atoms with van der Waals surface area (Å²) in [6.07, 6.45) is 0.151. The number of rotatable bonds is 6. The quantitative estimate of drug-likeness (QED) is 0.321. The summed E-state index contributed by atoms with van der Waals surface area (Å²) in [7, 11) is 0. The predicted octanol–water partition coefficient (Wildman–Crippen LogP) is 3.91. The molecule has 3 heterocycles. The van der Waals surface area contributed by atoms with E-state index in [9.17, 15) is 29.4 Å². The zero-order chi connectivity index (χ0) is 27.5. The second-order valence-electron chi connectivity index (χ2n) is 9.57. The first-order valence-electron chi connectivity index (χ1n) is 12.7. The van der Waals surface area contributed by atoms with Crippen LogP contribution in [0.25, 0.3) is 22.5 Å². The fourth-order valence-electron chi connectivity index (χ4n) is 5.06. The van der Waals surface area contributed by atoms with E-state index < -0.39 is 24.3 Å².